The highest BCUT2D eigenvalue weighted by molar-refractivity contribution is 6.30. The summed E-state index contributed by atoms with van der Waals surface area (Å²) in [6.45, 7) is 0. The Balaban J connectivity index is 1.45. The van der Waals surface area contributed by atoms with Crippen molar-refractivity contribution in [3.05, 3.63) is 34.9 Å². The summed E-state index contributed by atoms with van der Waals surface area (Å²) in [5, 5.41) is 4.66. The molecule has 19 heavy (non-hydrogen) atoms. The lowest BCUT2D eigenvalue weighted by Crippen LogP contribution is -2.47. The first-order valence-corrected chi connectivity index (χ1v) is 7.85. The second kappa shape index (κ2) is 5.82. The smallest absolute Gasteiger partial charge is 0.0408 e. The second-order valence-corrected chi connectivity index (χ2v) is 6.64. The number of halogens is 1. The van der Waals surface area contributed by atoms with Crippen molar-refractivity contribution >= 4 is 11.6 Å². The van der Waals surface area contributed by atoms with Crippen molar-refractivity contribution in [2.45, 2.75) is 62.6 Å². The lowest BCUT2D eigenvalue weighted by atomic mass is 9.75. The first kappa shape index (κ1) is 13.4. The molecule has 2 aliphatic carbocycles. The van der Waals surface area contributed by atoms with E-state index < -0.39 is 0 Å². The largest absolute Gasteiger partial charge is 0.328 e. The highest BCUT2D eigenvalue weighted by atomic mass is 35.5. The predicted molar refractivity (Wildman–Crippen MR) is 80.6 cm³/mol. The van der Waals surface area contributed by atoms with Crippen molar-refractivity contribution in [2.75, 3.05) is 0 Å². The summed E-state index contributed by atoms with van der Waals surface area (Å²) in [5.74, 6) is 0.696. The van der Waals surface area contributed by atoms with E-state index in [9.17, 15) is 0 Å². The molecule has 0 bridgehead atoms. The zero-order chi connectivity index (χ0) is 13.2. The van der Waals surface area contributed by atoms with Gasteiger partial charge in [-0.05, 0) is 62.1 Å². The average Bonchev–Trinajstić information content (AvgIpc) is 2.35. The van der Waals surface area contributed by atoms with E-state index in [0.29, 0.717) is 24.0 Å². The van der Waals surface area contributed by atoms with Crippen molar-refractivity contribution in [3.8, 4) is 0 Å². The van der Waals surface area contributed by atoms with E-state index in [0.717, 1.165) is 5.02 Å². The van der Waals surface area contributed by atoms with Crippen molar-refractivity contribution in [1.29, 1.82) is 0 Å². The van der Waals surface area contributed by atoms with Gasteiger partial charge in [-0.15, -0.1) is 0 Å². The molecule has 1 aromatic carbocycles. The molecule has 3 heteroatoms. The van der Waals surface area contributed by atoms with Crippen LogP contribution >= 0.6 is 11.6 Å². The van der Waals surface area contributed by atoms with Gasteiger partial charge in [-0.25, -0.2) is 0 Å². The van der Waals surface area contributed by atoms with E-state index in [4.69, 9.17) is 17.3 Å². The third kappa shape index (κ3) is 3.31. The summed E-state index contributed by atoms with van der Waals surface area (Å²) in [6, 6.07) is 10.2. The number of rotatable bonds is 3. The Bertz CT molecular complexity index is 421. The first-order valence-electron chi connectivity index (χ1n) is 7.48. The molecule has 2 fully saturated rings. The van der Waals surface area contributed by atoms with Gasteiger partial charge in [-0.2, -0.15) is 0 Å². The minimum absolute atomic E-state index is 0.443. The van der Waals surface area contributed by atoms with Gasteiger partial charge in [0.05, 0.1) is 0 Å². The van der Waals surface area contributed by atoms with Gasteiger partial charge >= 0.3 is 0 Å². The molecule has 0 radical (unpaired) electrons. The molecule has 2 aliphatic rings. The Labute approximate surface area is 120 Å². The highest BCUT2D eigenvalue weighted by Crippen LogP contribution is 2.38. The molecule has 0 aromatic heterocycles. The van der Waals surface area contributed by atoms with E-state index in [2.05, 4.69) is 23.5 Å². The van der Waals surface area contributed by atoms with Gasteiger partial charge in [0.2, 0.25) is 0 Å². The minimum Gasteiger partial charge on any atom is -0.328 e. The molecule has 2 saturated carbocycles. The van der Waals surface area contributed by atoms with Crippen LogP contribution in [0.2, 0.25) is 5.02 Å². The minimum atomic E-state index is 0.443. The van der Waals surface area contributed by atoms with Gasteiger partial charge in [0.25, 0.3) is 0 Å². The molecule has 3 rings (SSSR count). The molecular formula is C16H23ClN2. The molecule has 0 saturated heterocycles. The topological polar surface area (TPSA) is 38.0 Å². The molecular weight excluding hydrogens is 256 g/mol. The second-order valence-electron chi connectivity index (χ2n) is 6.20. The van der Waals surface area contributed by atoms with Crippen LogP contribution in [0.15, 0.2) is 24.3 Å². The van der Waals surface area contributed by atoms with Crippen LogP contribution in [0.4, 0.5) is 0 Å². The Kier molecular flexibility index (Phi) is 4.11. The number of nitrogens with two attached hydrogens (primary N) is 1. The van der Waals surface area contributed by atoms with E-state index >= 15 is 0 Å². The summed E-state index contributed by atoms with van der Waals surface area (Å²) >= 11 is 6.05. The zero-order valence-electron chi connectivity index (χ0n) is 11.3. The number of hydrogen-bond donors (Lipinski definition) is 2. The molecule has 3 N–H and O–H groups in total. The fraction of sp³-hybridized carbons (Fsp3) is 0.625. The van der Waals surface area contributed by atoms with E-state index in [-0.39, 0.29) is 0 Å². The van der Waals surface area contributed by atoms with E-state index in [1.165, 1.54) is 44.1 Å². The Morgan fingerprint density at radius 3 is 2.47 bits per heavy atom. The van der Waals surface area contributed by atoms with Crippen LogP contribution in [0.3, 0.4) is 0 Å². The van der Waals surface area contributed by atoms with Crippen LogP contribution in [-0.2, 0) is 0 Å². The van der Waals surface area contributed by atoms with Gasteiger partial charge < -0.3 is 11.1 Å². The van der Waals surface area contributed by atoms with Gasteiger partial charge in [-0.1, -0.05) is 23.7 Å². The fourth-order valence-corrected chi connectivity index (χ4v) is 3.60. The zero-order valence-corrected chi connectivity index (χ0v) is 12.1. The van der Waals surface area contributed by atoms with Gasteiger partial charge in [0.15, 0.2) is 0 Å². The maximum Gasteiger partial charge on any atom is 0.0408 e. The lowest BCUT2D eigenvalue weighted by molar-refractivity contribution is 0.232. The quantitative estimate of drug-likeness (QED) is 0.889. The van der Waals surface area contributed by atoms with Crippen molar-refractivity contribution in [3.63, 3.8) is 0 Å². The van der Waals surface area contributed by atoms with Crippen molar-refractivity contribution < 1.29 is 0 Å². The van der Waals surface area contributed by atoms with Gasteiger partial charge in [0, 0.05) is 23.1 Å². The van der Waals surface area contributed by atoms with Crippen molar-refractivity contribution in [2.24, 2.45) is 5.73 Å². The summed E-state index contributed by atoms with van der Waals surface area (Å²) in [6.07, 6.45) is 7.37. The van der Waals surface area contributed by atoms with Crippen LogP contribution in [-0.4, -0.2) is 18.1 Å². The predicted octanol–water partition coefficient (Wildman–Crippen LogP) is 3.45. The first-order chi connectivity index (χ1) is 9.20. The third-order valence-corrected chi connectivity index (χ3v) is 4.94. The van der Waals surface area contributed by atoms with Crippen molar-refractivity contribution in [1.82, 2.24) is 5.32 Å². The van der Waals surface area contributed by atoms with Gasteiger partial charge in [-0.3, -0.25) is 0 Å². The monoisotopic (exact) mass is 278 g/mol. The Hall–Kier alpha value is -0.570. The molecule has 0 aliphatic heterocycles. The Morgan fingerprint density at radius 1 is 1.05 bits per heavy atom. The van der Waals surface area contributed by atoms with Crippen LogP contribution < -0.4 is 11.1 Å². The highest BCUT2D eigenvalue weighted by Gasteiger charge is 2.32. The molecule has 104 valence electrons. The van der Waals surface area contributed by atoms with Crippen LogP contribution in [0.1, 0.15) is 50.0 Å². The standard InChI is InChI=1S/C16H23ClN2/c17-13-3-1-2-11(8-13)12-9-16(10-12)19-15-6-4-14(18)5-7-15/h1-3,8,12,14-16,19H,4-7,9-10,18H2. The molecule has 0 unspecified atom stereocenters. The number of nitrogens with one attached hydrogen (secondary N) is 1. The third-order valence-electron chi connectivity index (χ3n) is 4.70. The van der Waals surface area contributed by atoms with E-state index in [1.54, 1.807) is 0 Å². The average molecular weight is 279 g/mol. The van der Waals surface area contributed by atoms with Crippen LogP contribution in [0.25, 0.3) is 0 Å². The maximum absolute atomic E-state index is 6.05. The number of hydrogen-bond acceptors (Lipinski definition) is 2. The SMILES string of the molecule is NC1CCC(NC2CC(c3cccc(Cl)c3)C2)CC1. The molecule has 0 atom stereocenters. The molecule has 2 nitrogen and oxygen atoms in total. The molecule has 1 aromatic rings. The summed E-state index contributed by atoms with van der Waals surface area (Å²) in [4.78, 5) is 0. The number of benzene rings is 1. The molecule has 0 amide bonds. The fourth-order valence-electron chi connectivity index (χ4n) is 3.41. The molecule has 0 heterocycles. The Morgan fingerprint density at radius 2 is 1.79 bits per heavy atom. The normalized spacial score (nSPS) is 34.8. The van der Waals surface area contributed by atoms with Gasteiger partial charge in [0.1, 0.15) is 0 Å². The summed E-state index contributed by atoms with van der Waals surface area (Å²) < 4.78 is 0. The lowest BCUT2D eigenvalue weighted by Gasteiger charge is -2.40. The van der Waals surface area contributed by atoms with Crippen LogP contribution in [0, 0.1) is 0 Å². The molecule has 0 spiro atoms. The summed E-state index contributed by atoms with van der Waals surface area (Å²) in [7, 11) is 0. The maximum atomic E-state index is 6.05. The van der Waals surface area contributed by atoms with E-state index in [1.807, 2.05) is 6.07 Å². The van der Waals surface area contributed by atoms with Crippen LogP contribution in [0.5, 0.6) is 0 Å². The summed E-state index contributed by atoms with van der Waals surface area (Å²) in [5.41, 5.74) is 7.35.